The summed E-state index contributed by atoms with van der Waals surface area (Å²) >= 11 is 5.81. The van der Waals surface area contributed by atoms with E-state index in [-0.39, 0.29) is 10.8 Å². The molecule has 2 saturated heterocycles. The third-order valence-corrected chi connectivity index (χ3v) is 5.93. The summed E-state index contributed by atoms with van der Waals surface area (Å²) in [6.07, 6.45) is -8.11. The highest BCUT2D eigenvalue weighted by molar-refractivity contribution is 7.48. The second-order valence-corrected chi connectivity index (χ2v) is 8.30. The molecule has 0 bridgehead atoms. The molecule has 2 aliphatic rings. The number of fused-ring (bicyclic) bond motifs is 1. The normalized spacial score (nSPS) is 36.4. The van der Waals surface area contributed by atoms with E-state index in [9.17, 15) is 23.2 Å². The predicted octanol–water partition coefficient (Wildman–Crippen LogP) is 1.32. The number of hydrogen-bond donors (Lipinski definition) is 2. The Labute approximate surface area is 156 Å². The van der Waals surface area contributed by atoms with E-state index in [1.54, 1.807) is 0 Å². The minimum absolute atomic E-state index is 0.155. The topological polar surface area (TPSA) is 135 Å². The van der Waals surface area contributed by atoms with Gasteiger partial charge in [0, 0.05) is 6.20 Å². The number of hydrogen-bond acceptors (Lipinski definition) is 9. The van der Waals surface area contributed by atoms with Crippen molar-refractivity contribution in [2.75, 3.05) is 12.3 Å². The Kier molecular flexibility index (Phi) is 5.36. The van der Waals surface area contributed by atoms with Crippen molar-refractivity contribution in [1.82, 2.24) is 9.55 Å². The van der Waals surface area contributed by atoms with Crippen molar-refractivity contribution in [3.63, 3.8) is 0 Å². The lowest BCUT2D eigenvalue weighted by Gasteiger charge is -2.39. The van der Waals surface area contributed by atoms with Gasteiger partial charge >= 0.3 is 13.5 Å². The predicted molar refractivity (Wildman–Crippen MR) is 87.4 cm³/mol. The molecule has 14 heteroatoms. The number of alkyl halides is 2. The number of phosphoric ester groups is 1. The molecule has 1 aromatic heterocycles. The summed E-state index contributed by atoms with van der Waals surface area (Å²) in [5.74, 6) is -0.277. The van der Waals surface area contributed by atoms with E-state index in [2.05, 4.69) is 4.98 Å². The second kappa shape index (κ2) is 7.03. The molecule has 0 saturated carbocycles. The largest absolute Gasteiger partial charge is 0.475 e. The van der Waals surface area contributed by atoms with Crippen LogP contribution in [0.25, 0.3) is 0 Å². The van der Waals surface area contributed by atoms with Crippen molar-refractivity contribution >= 4 is 25.2 Å². The van der Waals surface area contributed by atoms with E-state index in [4.69, 9.17) is 35.6 Å². The Bertz CT molecular complexity index is 841. The van der Waals surface area contributed by atoms with Gasteiger partial charge in [-0.1, -0.05) is 11.6 Å². The van der Waals surface area contributed by atoms with E-state index >= 15 is 0 Å². The number of nitrogens with zero attached hydrogens (tertiary/aromatic N) is 2. The zero-order valence-electron chi connectivity index (χ0n) is 14.1. The fraction of sp³-hybridized carbons (Fsp3) is 0.692. The molecule has 5 atom stereocenters. The van der Waals surface area contributed by atoms with E-state index in [1.807, 2.05) is 0 Å². The molecule has 10 nitrogen and oxygen atoms in total. The lowest BCUT2D eigenvalue weighted by atomic mass is 9.96. The smallest absolute Gasteiger partial charge is 0.386 e. The zero-order chi connectivity index (χ0) is 20.1. The van der Waals surface area contributed by atoms with Crippen LogP contribution in [0.15, 0.2) is 11.0 Å². The van der Waals surface area contributed by atoms with E-state index in [1.165, 1.54) is 13.8 Å². The van der Waals surface area contributed by atoms with Gasteiger partial charge in [-0.2, -0.15) is 4.98 Å². The van der Waals surface area contributed by atoms with Gasteiger partial charge in [0.1, 0.15) is 18.0 Å². The Morgan fingerprint density at radius 3 is 2.81 bits per heavy atom. The number of nitrogen functional groups attached to an aromatic ring is 1. The molecule has 2 fully saturated rings. The van der Waals surface area contributed by atoms with Crippen LogP contribution in [0.1, 0.15) is 20.1 Å². The fourth-order valence-electron chi connectivity index (χ4n) is 2.83. The molecule has 0 aromatic carbocycles. The van der Waals surface area contributed by atoms with Crippen LogP contribution in [-0.4, -0.2) is 51.6 Å². The summed E-state index contributed by atoms with van der Waals surface area (Å²) in [5, 5.41) is 10.4. The molecule has 27 heavy (non-hydrogen) atoms. The number of rotatable bonds is 4. The molecule has 3 heterocycles. The molecule has 1 aromatic rings. The van der Waals surface area contributed by atoms with Crippen LogP contribution < -0.4 is 11.4 Å². The van der Waals surface area contributed by atoms with Gasteiger partial charge in [0.25, 0.3) is 6.43 Å². The number of nitrogens with two attached hydrogens (primary N) is 1. The number of aromatic nitrogens is 2. The van der Waals surface area contributed by atoms with Crippen LogP contribution in [0.2, 0.25) is 5.02 Å². The average Bonchev–Trinajstić information content (AvgIpc) is 2.84. The number of aliphatic hydroxyl groups is 1. The SMILES string of the molecule is CC(C)OP1(=O)OC[C@@]2(C(F)F)O[C@@H](n3cc(Cl)c(N)nc3=O)[C@@H](O)[C@@H]2O1. The molecule has 0 spiro atoms. The standard InChI is InChI=1S/C13H17ClF2N3O7P/c1-5(2)25-27(22)23-4-13(11(15)16)8(26-27)7(20)10(24-13)19-3-6(14)9(17)18-12(19)21/h3,5,7-8,10-11,20H,4H2,1-2H3,(H2,17,18,21)/t7-,8-,10+,13+,27?/m0/s1. The highest BCUT2D eigenvalue weighted by Gasteiger charge is 2.67. The summed E-state index contributed by atoms with van der Waals surface area (Å²) < 4.78 is 61.2. The molecule has 0 radical (unpaired) electrons. The van der Waals surface area contributed by atoms with Crippen LogP contribution in [0, 0.1) is 0 Å². The molecule has 3 rings (SSSR count). The fourth-order valence-corrected chi connectivity index (χ4v) is 4.61. The Balaban J connectivity index is 2.00. The third-order valence-electron chi connectivity index (χ3n) is 4.03. The monoisotopic (exact) mass is 431 g/mol. The van der Waals surface area contributed by atoms with Gasteiger partial charge in [0.15, 0.2) is 11.8 Å². The van der Waals surface area contributed by atoms with Gasteiger partial charge < -0.3 is 15.6 Å². The number of anilines is 1. The van der Waals surface area contributed by atoms with E-state index in [0.29, 0.717) is 4.57 Å². The minimum Gasteiger partial charge on any atom is -0.386 e. The quantitative estimate of drug-likeness (QED) is 0.676. The minimum atomic E-state index is -4.23. The van der Waals surface area contributed by atoms with E-state index in [0.717, 1.165) is 6.20 Å². The molecular formula is C13H17ClF2N3O7P. The van der Waals surface area contributed by atoms with Crippen molar-refractivity contribution in [2.24, 2.45) is 0 Å². The van der Waals surface area contributed by atoms with Crippen molar-refractivity contribution in [2.45, 2.75) is 50.4 Å². The lowest BCUT2D eigenvalue weighted by Crippen LogP contribution is -2.56. The number of aliphatic hydroxyl groups excluding tert-OH is 1. The zero-order valence-corrected chi connectivity index (χ0v) is 15.8. The van der Waals surface area contributed by atoms with Gasteiger partial charge in [-0.25, -0.2) is 18.1 Å². The van der Waals surface area contributed by atoms with Crippen LogP contribution >= 0.6 is 19.4 Å². The first-order valence-corrected chi connectivity index (χ1v) is 9.62. The molecule has 2 aliphatic heterocycles. The molecule has 1 unspecified atom stereocenters. The van der Waals surface area contributed by atoms with Crippen molar-refractivity contribution in [1.29, 1.82) is 0 Å². The summed E-state index contributed by atoms with van der Waals surface area (Å²) in [5.41, 5.74) is 1.94. The van der Waals surface area contributed by atoms with Gasteiger partial charge in [0.2, 0.25) is 0 Å². The van der Waals surface area contributed by atoms with E-state index < -0.39 is 56.7 Å². The second-order valence-electron chi connectivity index (χ2n) is 6.32. The molecule has 3 N–H and O–H groups in total. The number of halogens is 3. The first kappa shape index (κ1) is 20.6. The van der Waals surface area contributed by atoms with Gasteiger partial charge in [-0.15, -0.1) is 0 Å². The summed E-state index contributed by atoms with van der Waals surface area (Å²) in [7, 11) is -4.23. The van der Waals surface area contributed by atoms with Crippen molar-refractivity contribution in [3.8, 4) is 0 Å². The molecule has 0 amide bonds. The highest BCUT2D eigenvalue weighted by Crippen LogP contribution is 2.61. The van der Waals surface area contributed by atoms with Gasteiger partial charge in [-0.05, 0) is 13.8 Å². The molecular weight excluding hydrogens is 415 g/mol. The van der Waals surface area contributed by atoms with Crippen LogP contribution in [0.4, 0.5) is 14.6 Å². The van der Waals surface area contributed by atoms with Crippen LogP contribution in [0.3, 0.4) is 0 Å². The summed E-state index contributed by atoms with van der Waals surface area (Å²) in [4.78, 5) is 15.5. The lowest BCUT2D eigenvalue weighted by molar-refractivity contribution is -0.208. The average molecular weight is 432 g/mol. The molecule has 0 aliphatic carbocycles. The van der Waals surface area contributed by atoms with Crippen LogP contribution in [0.5, 0.6) is 0 Å². The molecule has 152 valence electrons. The third kappa shape index (κ3) is 3.51. The first-order valence-electron chi connectivity index (χ1n) is 7.78. The van der Waals surface area contributed by atoms with Gasteiger partial charge in [-0.3, -0.25) is 18.1 Å². The Morgan fingerprint density at radius 2 is 2.22 bits per heavy atom. The van der Waals surface area contributed by atoms with Gasteiger partial charge in [0.05, 0.1) is 17.7 Å². The van der Waals surface area contributed by atoms with Crippen LogP contribution in [-0.2, 0) is 22.9 Å². The maximum absolute atomic E-state index is 13.8. The van der Waals surface area contributed by atoms with Crippen molar-refractivity contribution < 1.29 is 36.8 Å². The first-order chi connectivity index (χ1) is 12.5. The number of phosphoric acid groups is 1. The van der Waals surface area contributed by atoms with Crippen molar-refractivity contribution in [3.05, 3.63) is 21.7 Å². The Hall–Kier alpha value is -1.14. The highest BCUT2D eigenvalue weighted by atomic mass is 35.5. The Morgan fingerprint density at radius 1 is 1.56 bits per heavy atom. The maximum Gasteiger partial charge on any atom is 0.475 e. The summed E-state index contributed by atoms with van der Waals surface area (Å²) in [6.45, 7) is 2.18. The maximum atomic E-state index is 13.8. The summed E-state index contributed by atoms with van der Waals surface area (Å²) in [6, 6.07) is 0. The number of ether oxygens (including phenoxy) is 1.